The number of nitrogens with one attached hydrogen (secondary N) is 2. The quantitative estimate of drug-likeness (QED) is 0.713. The Morgan fingerprint density at radius 2 is 1.65 bits per heavy atom. The van der Waals surface area contributed by atoms with Crippen molar-refractivity contribution in [1.29, 1.82) is 0 Å². The van der Waals surface area contributed by atoms with Crippen LogP contribution in [0.4, 0.5) is 16.2 Å². The van der Waals surface area contributed by atoms with Gasteiger partial charge in [0.05, 0.1) is 6.61 Å². The molecule has 0 fully saturated rings. The second-order valence-corrected chi connectivity index (χ2v) is 3.58. The van der Waals surface area contributed by atoms with Gasteiger partial charge in [-0.25, -0.2) is 9.59 Å². The molecule has 1 aromatic carbocycles. The highest BCUT2D eigenvalue weighted by Crippen LogP contribution is 2.13. The minimum absolute atomic E-state index is 0.274. The number of aliphatic carboxylic acids is 1. The zero-order valence-corrected chi connectivity index (χ0v) is 10.8. The third-order valence-corrected chi connectivity index (χ3v) is 2.05. The van der Waals surface area contributed by atoms with Gasteiger partial charge in [0.2, 0.25) is 5.91 Å². The highest BCUT2D eigenvalue weighted by Gasteiger charge is 2.02. The van der Waals surface area contributed by atoms with Crippen LogP contribution in [0.1, 0.15) is 6.92 Å². The van der Waals surface area contributed by atoms with Crippen LogP contribution >= 0.6 is 0 Å². The molecule has 0 heterocycles. The number of carboxylic acid groups (broad SMARTS) is 1. The Labute approximate surface area is 115 Å². The zero-order chi connectivity index (χ0) is 15.0. The number of hydrogen-bond acceptors (Lipinski definition) is 4. The molecule has 0 aromatic heterocycles. The lowest BCUT2D eigenvalue weighted by molar-refractivity contribution is -0.131. The fourth-order valence-corrected chi connectivity index (χ4v) is 1.25. The van der Waals surface area contributed by atoms with Gasteiger partial charge in [0.15, 0.2) is 0 Å². The van der Waals surface area contributed by atoms with Crippen LogP contribution in [-0.2, 0) is 14.3 Å². The van der Waals surface area contributed by atoms with E-state index in [2.05, 4.69) is 10.6 Å². The van der Waals surface area contributed by atoms with Gasteiger partial charge in [0, 0.05) is 23.5 Å². The lowest BCUT2D eigenvalue weighted by atomic mass is 10.3. The standard InChI is InChI=1S/C13H14N2O5/c1-2-20-13(19)15-10-5-3-9(4-6-10)14-11(16)7-8-12(17)18/h3-8H,2H2,1H3,(H,14,16)(H,15,19)(H,17,18)/b8-7+. The highest BCUT2D eigenvalue weighted by atomic mass is 16.5. The molecular formula is C13H14N2O5. The monoisotopic (exact) mass is 278 g/mol. The van der Waals surface area contributed by atoms with Crippen LogP contribution in [0.3, 0.4) is 0 Å². The molecule has 0 atom stereocenters. The normalized spacial score (nSPS) is 10.1. The molecule has 0 bridgehead atoms. The summed E-state index contributed by atoms with van der Waals surface area (Å²) < 4.78 is 4.71. The van der Waals surface area contributed by atoms with E-state index in [1.807, 2.05) is 0 Å². The molecule has 0 aliphatic carbocycles. The molecule has 0 saturated carbocycles. The lowest BCUT2D eigenvalue weighted by Gasteiger charge is -2.06. The molecule has 0 radical (unpaired) electrons. The van der Waals surface area contributed by atoms with Gasteiger partial charge < -0.3 is 15.2 Å². The molecule has 0 spiro atoms. The summed E-state index contributed by atoms with van der Waals surface area (Å²) in [5.41, 5.74) is 0.988. The van der Waals surface area contributed by atoms with E-state index in [-0.39, 0.29) is 6.61 Å². The van der Waals surface area contributed by atoms with E-state index in [0.717, 1.165) is 12.2 Å². The van der Waals surface area contributed by atoms with E-state index < -0.39 is 18.0 Å². The molecule has 0 aliphatic heterocycles. The molecule has 106 valence electrons. The molecule has 7 heteroatoms. The number of carboxylic acids is 1. The Hall–Kier alpha value is -2.83. The SMILES string of the molecule is CCOC(=O)Nc1ccc(NC(=O)/C=C/C(=O)O)cc1. The smallest absolute Gasteiger partial charge is 0.411 e. The van der Waals surface area contributed by atoms with E-state index in [1.165, 1.54) is 0 Å². The van der Waals surface area contributed by atoms with Crippen molar-refractivity contribution in [2.75, 3.05) is 17.2 Å². The van der Waals surface area contributed by atoms with Crippen LogP contribution in [-0.4, -0.2) is 29.7 Å². The first kappa shape index (κ1) is 15.2. The summed E-state index contributed by atoms with van der Waals surface area (Å²) in [6.07, 6.45) is 1.09. The maximum atomic E-state index is 11.3. The van der Waals surface area contributed by atoms with Crippen molar-refractivity contribution in [2.24, 2.45) is 0 Å². The number of carbonyl (C=O) groups is 3. The van der Waals surface area contributed by atoms with Crippen LogP contribution in [0.15, 0.2) is 36.4 Å². The number of rotatable bonds is 5. The summed E-state index contributed by atoms with van der Waals surface area (Å²) in [6.45, 7) is 1.97. The molecule has 2 amide bonds. The number of ether oxygens (including phenoxy) is 1. The Kier molecular flexibility index (Phi) is 5.76. The Balaban J connectivity index is 2.56. The Morgan fingerprint density at radius 3 is 2.15 bits per heavy atom. The summed E-state index contributed by atoms with van der Waals surface area (Å²) in [4.78, 5) is 32.7. The first-order chi connectivity index (χ1) is 9.51. The largest absolute Gasteiger partial charge is 0.478 e. The van der Waals surface area contributed by atoms with Crippen molar-refractivity contribution >= 4 is 29.3 Å². The van der Waals surface area contributed by atoms with Crippen molar-refractivity contribution in [1.82, 2.24) is 0 Å². The van der Waals surface area contributed by atoms with E-state index in [0.29, 0.717) is 11.4 Å². The summed E-state index contributed by atoms with van der Waals surface area (Å²) in [5, 5.41) is 13.3. The van der Waals surface area contributed by atoms with Crippen LogP contribution in [0, 0.1) is 0 Å². The van der Waals surface area contributed by atoms with Crippen molar-refractivity contribution in [2.45, 2.75) is 6.92 Å². The maximum absolute atomic E-state index is 11.3. The van der Waals surface area contributed by atoms with E-state index >= 15 is 0 Å². The summed E-state index contributed by atoms with van der Waals surface area (Å²) in [6, 6.07) is 6.28. The predicted molar refractivity (Wildman–Crippen MR) is 72.5 cm³/mol. The summed E-state index contributed by atoms with van der Waals surface area (Å²) >= 11 is 0. The summed E-state index contributed by atoms with van der Waals surface area (Å²) in [5.74, 6) is -1.76. The van der Waals surface area contributed by atoms with Crippen LogP contribution in [0.5, 0.6) is 0 Å². The average Bonchev–Trinajstić information content (AvgIpc) is 2.39. The van der Waals surface area contributed by atoms with Crippen molar-refractivity contribution in [3.63, 3.8) is 0 Å². The second kappa shape index (κ2) is 7.57. The first-order valence-corrected chi connectivity index (χ1v) is 5.77. The van der Waals surface area contributed by atoms with Crippen LogP contribution in [0.2, 0.25) is 0 Å². The number of benzene rings is 1. The van der Waals surface area contributed by atoms with Crippen LogP contribution < -0.4 is 10.6 Å². The second-order valence-electron chi connectivity index (χ2n) is 3.58. The molecule has 7 nitrogen and oxygen atoms in total. The van der Waals surface area contributed by atoms with Gasteiger partial charge in [-0.2, -0.15) is 0 Å². The number of anilines is 2. The fourth-order valence-electron chi connectivity index (χ4n) is 1.25. The minimum Gasteiger partial charge on any atom is -0.478 e. The number of amides is 2. The highest BCUT2D eigenvalue weighted by molar-refractivity contribution is 6.02. The van der Waals surface area contributed by atoms with Gasteiger partial charge in [-0.05, 0) is 31.2 Å². The molecule has 1 aromatic rings. The van der Waals surface area contributed by atoms with Gasteiger partial charge in [-0.15, -0.1) is 0 Å². The topological polar surface area (TPSA) is 105 Å². The van der Waals surface area contributed by atoms with Gasteiger partial charge in [0.25, 0.3) is 0 Å². The van der Waals surface area contributed by atoms with Crippen LogP contribution in [0.25, 0.3) is 0 Å². The van der Waals surface area contributed by atoms with Crippen molar-refractivity contribution < 1.29 is 24.2 Å². The third kappa shape index (κ3) is 5.67. The summed E-state index contributed by atoms with van der Waals surface area (Å²) in [7, 11) is 0. The maximum Gasteiger partial charge on any atom is 0.411 e. The van der Waals surface area contributed by atoms with Gasteiger partial charge in [-0.1, -0.05) is 0 Å². The lowest BCUT2D eigenvalue weighted by Crippen LogP contribution is -2.13. The van der Waals surface area contributed by atoms with E-state index in [1.54, 1.807) is 31.2 Å². The third-order valence-electron chi connectivity index (χ3n) is 2.05. The molecule has 0 aliphatic rings. The average molecular weight is 278 g/mol. The number of carbonyl (C=O) groups excluding carboxylic acids is 2. The Bertz CT molecular complexity index is 522. The van der Waals surface area contributed by atoms with E-state index in [4.69, 9.17) is 9.84 Å². The molecule has 1 rings (SSSR count). The fraction of sp³-hybridized carbons (Fsp3) is 0.154. The molecule has 3 N–H and O–H groups in total. The first-order valence-electron chi connectivity index (χ1n) is 5.77. The molecule has 20 heavy (non-hydrogen) atoms. The Morgan fingerprint density at radius 1 is 1.10 bits per heavy atom. The molecular weight excluding hydrogens is 264 g/mol. The molecule has 0 saturated heterocycles. The minimum atomic E-state index is -1.20. The van der Waals surface area contributed by atoms with Crippen molar-refractivity contribution in [3.8, 4) is 0 Å². The predicted octanol–water partition coefficient (Wildman–Crippen LogP) is 1.83. The van der Waals surface area contributed by atoms with Crippen molar-refractivity contribution in [3.05, 3.63) is 36.4 Å². The zero-order valence-electron chi connectivity index (χ0n) is 10.8. The number of hydrogen-bond donors (Lipinski definition) is 3. The van der Waals surface area contributed by atoms with Gasteiger partial charge >= 0.3 is 12.1 Å². The van der Waals surface area contributed by atoms with E-state index in [9.17, 15) is 14.4 Å². The van der Waals surface area contributed by atoms with Gasteiger partial charge in [-0.3, -0.25) is 10.1 Å². The molecule has 0 unspecified atom stereocenters. The van der Waals surface area contributed by atoms with Gasteiger partial charge in [0.1, 0.15) is 0 Å².